The quantitative estimate of drug-likeness (QED) is 0.808. The van der Waals surface area contributed by atoms with Gasteiger partial charge in [0.15, 0.2) is 0 Å². The maximum absolute atomic E-state index is 13.0. The van der Waals surface area contributed by atoms with Crippen molar-refractivity contribution in [3.05, 3.63) is 35.4 Å². The second-order valence-electron chi connectivity index (χ2n) is 9.07. The Morgan fingerprint density at radius 2 is 1.97 bits per heavy atom. The summed E-state index contributed by atoms with van der Waals surface area (Å²) in [6.45, 7) is 7.44. The van der Waals surface area contributed by atoms with Crippen LogP contribution in [0.15, 0.2) is 24.3 Å². The lowest BCUT2D eigenvalue weighted by Gasteiger charge is -2.42. The summed E-state index contributed by atoms with van der Waals surface area (Å²) in [4.78, 5) is 29.0. The van der Waals surface area contributed by atoms with E-state index < -0.39 is 0 Å². The summed E-state index contributed by atoms with van der Waals surface area (Å²) >= 11 is 0. The van der Waals surface area contributed by atoms with Crippen LogP contribution in [0.3, 0.4) is 0 Å². The van der Waals surface area contributed by atoms with Crippen LogP contribution in [0.2, 0.25) is 0 Å². The second kappa shape index (κ2) is 8.84. The number of nitrogens with one attached hydrogen (secondary N) is 2. The number of hydrogen-bond donors (Lipinski definition) is 2. The van der Waals surface area contributed by atoms with Crippen molar-refractivity contribution in [3.63, 3.8) is 0 Å². The largest absolute Gasteiger partial charge is 0.347 e. The van der Waals surface area contributed by atoms with E-state index in [4.69, 9.17) is 0 Å². The third-order valence-electron chi connectivity index (χ3n) is 7.00. The molecule has 158 valence electrons. The Balaban J connectivity index is 1.58. The van der Waals surface area contributed by atoms with Crippen LogP contribution in [0, 0.1) is 5.92 Å². The molecule has 2 saturated heterocycles. The maximum Gasteiger partial charge on any atom is 0.242 e. The first-order valence-electron chi connectivity index (χ1n) is 11.1. The minimum atomic E-state index is -0.156. The molecule has 2 fully saturated rings. The molecule has 0 aliphatic carbocycles. The van der Waals surface area contributed by atoms with E-state index in [0.29, 0.717) is 6.54 Å². The predicted molar refractivity (Wildman–Crippen MR) is 113 cm³/mol. The standard InChI is InChI=1S/C23H34N4O2/c1-18(28)25-14-22(29)26-16-21-6-3-2-5-20(21)13-23(17-26)9-4-12-27(23)15-19-7-10-24-11-8-19/h2-3,5-6,19,24H,4,7-17H2,1H3,(H,25,28). The van der Waals surface area contributed by atoms with Crippen LogP contribution in [0.4, 0.5) is 0 Å². The van der Waals surface area contributed by atoms with Gasteiger partial charge in [0.05, 0.1) is 6.54 Å². The van der Waals surface area contributed by atoms with Crippen molar-refractivity contribution in [1.82, 2.24) is 20.4 Å². The highest BCUT2D eigenvalue weighted by atomic mass is 16.2. The Hall–Kier alpha value is -1.92. The van der Waals surface area contributed by atoms with Gasteiger partial charge in [-0.3, -0.25) is 14.5 Å². The molecule has 0 aromatic heterocycles. The van der Waals surface area contributed by atoms with E-state index in [1.54, 1.807) is 0 Å². The first-order chi connectivity index (χ1) is 14.1. The van der Waals surface area contributed by atoms with Crippen molar-refractivity contribution in [1.29, 1.82) is 0 Å². The zero-order chi connectivity index (χ0) is 20.3. The number of rotatable bonds is 4. The second-order valence-corrected chi connectivity index (χ2v) is 9.07. The summed E-state index contributed by atoms with van der Waals surface area (Å²) in [5, 5.41) is 6.17. The molecule has 1 atom stereocenters. The van der Waals surface area contributed by atoms with E-state index in [9.17, 15) is 9.59 Å². The van der Waals surface area contributed by atoms with Crippen LogP contribution in [0.1, 0.15) is 43.7 Å². The van der Waals surface area contributed by atoms with Gasteiger partial charge < -0.3 is 15.5 Å². The average Bonchev–Trinajstić information content (AvgIpc) is 2.99. The van der Waals surface area contributed by atoms with Gasteiger partial charge in [-0.2, -0.15) is 0 Å². The van der Waals surface area contributed by atoms with Gasteiger partial charge in [0.1, 0.15) is 0 Å². The Kier molecular flexibility index (Phi) is 6.20. The molecule has 6 heteroatoms. The van der Waals surface area contributed by atoms with Crippen LogP contribution < -0.4 is 10.6 Å². The van der Waals surface area contributed by atoms with E-state index in [2.05, 4.69) is 39.8 Å². The number of benzene rings is 1. The molecular formula is C23H34N4O2. The van der Waals surface area contributed by atoms with Gasteiger partial charge in [0.2, 0.25) is 11.8 Å². The van der Waals surface area contributed by atoms with Gasteiger partial charge in [-0.1, -0.05) is 24.3 Å². The molecule has 3 heterocycles. The molecule has 1 aromatic rings. The van der Waals surface area contributed by atoms with Crippen molar-refractivity contribution < 1.29 is 9.59 Å². The fraction of sp³-hybridized carbons (Fsp3) is 0.652. The average molecular weight is 399 g/mol. The van der Waals surface area contributed by atoms with Gasteiger partial charge in [-0.15, -0.1) is 0 Å². The lowest BCUT2D eigenvalue weighted by Crippen LogP contribution is -2.55. The number of nitrogens with zero attached hydrogens (tertiary/aromatic N) is 2. The number of hydrogen-bond acceptors (Lipinski definition) is 4. The molecule has 1 aromatic carbocycles. The topological polar surface area (TPSA) is 64.7 Å². The number of amides is 2. The zero-order valence-electron chi connectivity index (χ0n) is 17.6. The van der Waals surface area contributed by atoms with E-state index >= 15 is 0 Å². The molecule has 1 spiro atoms. The van der Waals surface area contributed by atoms with Crippen molar-refractivity contribution in [2.45, 2.75) is 51.1 Å². The highest BCUT2D eigenvalue weighted by Gasteiger charge is 2.45. The SMILES string of the molecule is CC(=O)NCC(=O)N1Cc2ccccc2CC2(CCCN2CC2CCNCC2)C1. The number of likely N-dealkylation sites (tertiary alicyclic amines) is 1. The lowest BCUT2D eigenvalue weighted by atomic mass is 9.86. The number of carbonyl (C=O) groups excluding carboxylic acids is 2. The van der Waals surface area contributed by atoms with E-state index in [0.717, 1.165) is 51.5 Å². The third-order valence-corrected chi connectivity index (χ3v) is 7.00. The first-order valence-corrected chi connectivity index (χ1v) is 11.1. The minimum absolute atomic E-state index is 0.0172. The summed E-state index contributed by atoms with van der Waals surface area (Å²) in [7, 11) is 0. The molecule has 3 aliphatic rings. The van der Waals surface area contributed by atoms with Gasteiger partial charge >= 0.3 is 0 Å². The monoisotopic (exact) mass is 398 g/mol. The van der Waals surface area contributed by atoms with Gasteiger partial charge in [0.25, 0.3) is 0 Å². The Morgan fingerprint density at radius 1 is 1.21 bits per heavy atom. The van der Waals surface area contributed by atoms with Crippen LogP contribution in [-0.2, 0) is 22.6 Å². The number of piperidine rings is 1. The highest BCUT2D eigenvalue weighted by Crippen LogP contribution is 2.38. The molecule has 0 bridgehead atoms. The molecular weight excluding hydrogens is 364 g/mol. The molecule has 1 unspecified atom stereocenters. The molecule has 29 heavy (non-hydrogen) atoms. The van der Waals surface area contributed by atoms with Gasteiger partial charge in [-0.05, 0) is 68.8 Å². The maximum atomic E-state index is 13.0. The Morgan fingerprint density at radius 3 is 2.72 bits per heavy atom. The number of carbonyl (C=O) groups is 2. The summed E-state index contributed by atoms with van der Waals surface area (Å²) < 4.78 is 0. The molecule has 3 aliphatic heterocycles. The normalized spacial score (nSPS) is 25.6. The van der Waals surface area contributed by atoms with E-state index in [1.165, 1.54) is 37.3 Å². The molecule has 2 amide bonds. The minimum Gasteiger partial charge on any atom is -0.347 e. The molecule has 2 N–H and O–H groups in total. The van der Waals surface area contributed by atoms with Crippen molar-refractivity contribution >= 4 is 11.8 Å². The van der Waals surface area contributed by atoms with Gasteiger partial charge in [-0.25, -0.2) is 0 Å². The number of fused-ring (bicyclic) bond motifs is 1. The summed E-state index contributed by atoms with van der Waals surface area (Å²) in [6, 6.07) is 8.57. The van der Waals surface area contributed by atoms with Gasteiger partial charge in [0, 0.05) is 32.1 Å². The van der Waals surface area contributed by atoms with Crippen molar-refractivity contribution in [2.24, 2.45) is 5.92 Å². The van der Waals surface area contributed by atoms with Crippen LogP contribution in [0.5, 0.6) is 0 Å². The van der Waals surface area contributed by atoms with Crippen LogP contribution >= 0.6 is 0 Å². The molecule has 6 nitrogen and oxygen atoms in total. The fourth-order valence-electron chi connectivity index (χ4n) is 5.43. The van der Waals surface area contributed by atoms with Crippen molar-refractivity contribution in [2.75, 3.05) is 39.3 Å². The molecule has 0 radical (unpaired) electrons. The summed E-state index contributed by atoms with van der Waals surface area (Å²) in [5.41, 5.74) is 2.64. The first kappa shape index (κ1) is 20.4. The molecule has 4 rings (SSSR count). The van der Waals surface area contributed by atoms with Crippen molar-refractivity contribution in [3.8, 4) is 0 Å². The Bertz CT molecular complexity index is 746. The Labute approximate surface area is 174 Å². The fourth-order valence-corrected chi connectivity index (χ4v) is 5.43. The molecule has 0 saturated carbocycles. The van der Waals surface area contributed by atoms with Crippen LogP contribution in [-0.4, -0.2) is 66.4 Å². The summed E-state index contributed by atoms with van der Waals surface area (Å²) in [5.74, 6) is 0.606. The summed E-state index contributed by atoms with van der Waals surface area (Å²) in [6.07, 6.45) is 5.83. The third kappa shape index (κ3) is 4.64. The highest BCUT2D eigenvalue weighted by molar-refractivity contribution is 5.83. The predicted octanol–water partition coefficient (Wildman–Crippen LogP) is 1.54. The van der Waals surface area contributed by atoms with Crippen LogP contribution in [0.25, 0.3) is 0 Å². The zero-order valence-corrected chi connectivity index (χ0v) is 17.6. The van der Waals surface area contributed by atoms with E-state index in [1.807, 2.05) is 4.90 Å². The lowest BCUT2D eigenvalue weighted by molar-refractivity contribution is -0.134. The smallest absolute Gasteiger partial charge is 0.242 e. The van der Waals surface area contributed by atoms with E-state index in [-0.39, 0.29) is 23.9 Å².